The highest BCUT2D eigenvalue weighted by molar-refractivity contribution is 5.76. The first-order valence-electron chi connectivity index (χ1n) is 9.28. The van der Waals surface area contributed by atoms with Crippen LogP contribution in [0.2, 0.25) is 0 Å². The molecule has 2 atom stereocenters. The number of amides is 1. The van der Waals surface area contributed by atoms with Gasteiger partial charge in [-0.1, -0.05) is 12.5 Å². The van der Waals surface area contributed by atoms with Crippen molar-refractivity contribution in [1.82, 2.24) is 5.32 Å². The summed E-state index contributed by atoms with van der Waals surface area (Å²) in [6.07, 6.45) is 6.21. The van der Waals surface area contributed by atoms with E-state index in [1.54, 1.807) is 0 Å². The normalized spacial score (nSPS) is 29.1. The van der Waals surface area contributed by atoms with Crippen molar-refractivity contribution in [3.63, 3.8) is 0 Å². The van der Waals surface area contributed by atoms with E-state index in [1.165, 1.54) is 30.4 Å². The minimum absolute atomic E-state index is 0.108. The second-order valence-electron chi connectivity index (χ2n) is 7.62. The number of rotatable bonds is 5. The van der Waals surface area contributed by atoms with Crippen LogP contribution in [0.5, 0.6) is 5.75 Å². The van der Waals surface area contributed by atoms with Crippen LogP contribution in [0, 0.1) is 25.7 Å². The van der Waals surface area contributed by atoms with E-state index in [4.69, 9.17) is 10.5 Å². The number of nitrogens with one attached hydrogen (secondary N) is 1. The van der Waals surface area contributed by atoms with Crippen molar-refractivity contribution in [3.05, 3.63) is 29.3 Å². The van der Waals surface area contributed by atoms with E-state index >= 15 is 0 Å². The van der Waals surface area contributed by atoms with Crippen LogP contribution in [0.25, 0.3) is 0 Å². The summed E-state index contributed by atoms with van der Waals surface area (Å²) >= 11 is 0. The Morgan fingerprint density at radius 2 is 1.92 bits per heavy atom. The van der Waals surface area contributed by atoms with Crippen molar-refractivity contribution < 1.29 is 9.53 Å². The van der Waals surface area contributed by atoms with Gasteiger partial charge in [0.15, 0.2) is 0 Å². The Bertz CT molecular complexity index is 573. The van der Waals surface area contributed by atoms with Gasteiger partial charge in [0.05, 0.1) is 13.0 Å². The van der Waals surface area contributed by atoms with Gasteiger partial charge in [-0.05, 0) is 74.6 Å². The maximum absolute atomic E-state index is 12.3. The van der Waals surface area contributed by atoms with Crippen LogP contribution in [0.15, 0.2) is 18.2 Å². The number of carbonyl (C=O) groups excluding carboxylic acids is 1. The summed E-state index contributed by atoms with van der Waals surface area (Å²) in [7, 11) is 0. The molecule has 4 heteroatoms. The summed E-state index contributed by atoms with van der Waals surface area (Å²) in [5, 5.41) is 3.27. The molecule has 1 aromatic rings. The van der Waals surface area contributed by atoms with Gasteiger partial charge in [-0.25, -0.2) is 0 Å². The van der Waals surface area contributed by atoms with E-state index in [9.17, 15) is 4.79 Å². The van der Waals surface area contributed by atoms with E-state index in [-0.39, 0.29) is 5.91 Å². The fourth-order valence-electron chi connectivity index (χ4n) is 4.35. The first-order chi connectivity index (χ1) is 11.5. The largest absolute Gasteiger partial charge is 0.493 e. The van der Waals surface area contributed by atoms with E-state index in [2.05, 4.69) is 25.2 Å². The molecule has 24 heavy (non-hydrogen) atoms. The molecule has 2 unspecified atom stereocenters. The minimum Gasteiger partial charge on any atom is -0.493 e. The van der Waals surface area contributed by atoms with E-state index in [0.29, 0.717) is 36.9 Å². The molecule has 2 fully saturated rings. The van der Waals surface area contributed by atoms with Gasteiger partial charge in [-0.3, -0.25) is 4.79 Å². The van der Waals surface area contributed by atoms with Crippen LogP contribution >= 0.6 is 0 Å². The van der Waals surface area contributed by atoms with Gasteiger partial charge in [0.1, 0.15) is 5.75 Å². The Balaban J connectivity index is 1.46. The third-order valence-corrected chi connectivity index (χ3v) is 5.78. The maximum atomic E-state index is 12.3. The Hall–Kier alpha value is -1.55. The minimum atomic E-state index is 0.108. The molecule has 0 aromatic heterocycles. The molecule has 0 saturated heterocycles. The standard InChI is InChI=1S/C20H30N2O2/c1-13-6-7-18(10-14(13)2)24-9-8-19(23)22-20-15-4-3-5-16(20)12-17(21)11-15/h6-7,10,15-17,20H,3-5,8-9,11-12,21H2,1-2H3,(H,22,23). The van der Waals surface area contributed by atoms with E-state index in [0.717, 1.165) is 18.6 Å². The molecule has 0 aliphatic heterocycles. The number of benzene rings is 1. The van der Waals surface area contributed by atoms with Crippen LogP contribution in [0.3, 0.4) is 0 Å². The van der Waals surface area contributed by atoms with Crippen molar-refractivity contribution in [2.75, 3.05) is 6.61 Å². The van der Waals surface area contributed by atoms with Gasteiger partial charge < -0.3 is 15.8 Å². The Labute approximate surface area is 145 Å². The summed E-state index contributed by atoms with van der Waals surface area (Å²) in [4.78, 5) is 12.3. The van der Waals surface area contributed by atoms with Gasteiger partial charge in [0.2, 0.25) is 5.91 Å². The third-order valence-electron chi connectivity index (χ3n) is 5.78. The lowest BCUT2D eigenvalue weighted by Gasteiger charge is -2.45. The zero-order valence-corrected chi connectivity index (χ0v) is 14.9. The fourth-order valence-corrected chi connectivity index (χ4v) is 4.35. The molecule has 2 bridgehead atoms. The van der Waals surface area contributed by atoms with Crippen molar-refractivity contribution in [1.29, 1.82) is 0 Å². The molecule has 3 rings (SSSR count). The Kier molecular flexibility index (Phi) is 5.44. The molecule has 1 aromatic carbocycles. The summed E-state index contributed by atoms with van der Waals surface area (Å²) in [5.41, 5.74) is 8.62. The maximum Gasteiger partial charge on any atom is 0.223 e. The number of ether oxygens (including phenoxy) is 1. The number of hydrogen-bond acceptors (Lipinski definition) is 3. The summed E-state index contributed by atoms with van der Waals surface area (Å²) in [6.45, 7) is 4.58. The van der Waals surface area contributed by atoms with Crippen molar-refractivity contribution in [3.8, 4) is 5.75 Å². The predicted molar refractivity (Wildman–Crippen MR) is 96.0 cm³/mol. The smallest absolute Gasteiger partial charge is 0.223 e. The number of hydrogen-bond donors (Lipinski definition) is 2. The molecule has 132 valence electrons. The molecule has 2 aliphatic carbocycles. The molecule has 2 saturated carbocycles. The molecule has 0 heterocycles. The highest BCUT2D eigenvalue weighted by atomic mass is 16.5. The highest BCUT2D eigenvalue weighted by Crippen LogP contribution is 2.39. The van der Waals surface area contributed by atoms with Crippen LogP contribution in [0.1, 0.15) is 49.7 Å². The molecule has 4 nitrogen and oxygen atoms in total. The summed E-state index contributed by atoms with van der Waals surface area (Å²) < 4.78 is 5.73. The lowest BCUT2D eigenvalue weighted by molar-refractivity contribution is -0.123. The lowest BCUT2D eigenvalue weighted by Crippen LogP contribution is -2.53. The molecular formula is C20H30N2O2. The fraction of sp³-hybridized carbons (Fsp3) is 0.650. The average molecular weight is 330 g/mol. The summed E-state index contributed by atoms with van der Waals surface area (Å²) in [6, 6.07) is 6.69. The van der Waals surface area contributed by atoms with Crippen molar-refractivity contribution in [2.45, 2.75) is 64.5 Å². The van der Waals surface area contributed by atoms with Crippen molar-refractivity contribution in [2.24, 2.45) is 17.6 Å². The molecular weight excluding hydrogens is 300 g/mol. The number of nitrogens with two attached hydrogens (primary N) is 1. The monoisotopic (exact) mass is 330 g/mol. The van der Waals surface area contributed by atoms with Gasteiger partial charge >= 0.3 is 0 Å². The van der Waals surface area contributed by atoms with E-state index in [1.807, 2.05) is 12.1 Å². The van der Waals surface area contributed by atoms with Gasteiger partial charge in [0.25, 0.3) is 0 Å². The lowest BCUT2D eigenvalue weighted by atomic mass is 9.67. The zero-order valence-electron chi connectivity index (χ0n) is 14.9. The van der Waals surface area contributed by atoms with Gasteiger partial charge in [-0.15, -0.1) is 0 Å². The SMILES string of the molecule is Cc1ccc(OCCC(=O)NC2C3CCCC2CC(N)C3)cc1C. The van der Waals surface area contributed by atoms with Crippen LogP contribution in [-0.4, -0.2) is 24.6 Å². The highest BCUT2D eigenvalue weighted by Gasteiger charge is 2.39. The number of carbonyl (C=O) groups is 1. The van der Waals surface area contributed by atoms with Crippen LogP contribution in [-0.2, 0) is 4.79 Å². The van der Waals surface area contributed by atoms with Crippen molar-refractivity contribution >= 4 is 5.91 Å². The predicted octanol–water partition coefficient (Wildman–Crippen LogP) is 3.09. The first-order valence-corrected chi connectivity index (χ1v) is 9.28. The third kappa shape index (κ3) is 4.10. The average Bonchev–Trinajstić information content (AvgIpc) is 2.52. The van der Waals surface area contributed by atoms with E-state index < -0.39 is 0 Å². The molecule has 3 N–H and O–H groups in total. The molecule has 0 spiro atoms. The second kappa shape index (κ2) is 7.56. The van der Waals surface area contributed by atoms with Gasteiger partial charge in [0, 0.05) is 12.1 Å². The number of fused-ring (bicyclic) bond motifs is 2. The molecule has 2 aliphatic rings. The van der Waals surface area contributed by atoms with Gasteiger partial charge in [-0.2, -0.15) is 0 Å². The molecule has 1 amide bonds. The Morgan fingerprint density at radius 1 is 1.21 bits per heavy atom. The second-order valence-corrected chi connectivity index (χ2v) is 7.62. The van der Waals surface area contributed by atoms with Crippen LogP contribution in [0.4, 0.5) is 0 Å². The Morgan fingerprint density at radius 3 is 2.58 bits per heavy atom. The molecule has 0 radical (unpaired) electrons. The van der Waals surface area contributed by atoms with Crippen LogP contribution < -0.4 is 15.8 Å². The quantitative estimate of drug-likeness (QED) is 0.872. The zero-order chi connectivity index (χ0) is 17.1. The first kappa shape index (κ1) is 17.3. The number of aryl methyl sites for hydroxylation is 2. The summed E-state index contributed by atoms with van der Waals surface area (Å²) in [5.74, 6) is 2.08. The topological polar surface area (TPSA) is 64.3 Å².